The number of hydrogen-bond donors (Lipinski definition) is 1. The molecule has 2 nitrogen and oxygen atoms in total. The fourth-order valence-corrected chi connectivity index (χ4v) is 2.93. The van der Waals surface area contributed by atoms with Gasteiger partial charge >= 0.3 is 0 Å². The highest BCUT2D eigenvalue weighted by Crippen LogP contribution is 2.33. The summed E-state index contributed by atoms with van der Waals surface area (Å²) in [5.74, 6) is 2.71. The molecular weight excluding hydrogens is 196 g/mol. The Kier molecular flexibility index (Phi) is 4.26. The van der Waals surface area contributed by atoms with E-state index in [9.17, 15) is 0 Å². The number of piperidine rings is 1. The first-order chi connectivity index (χ1) is 7.66. The average Bonchev–Trinajstić information content (AvgIpc) is 3.10. The van der Waals surface area contributed by atoms with Gasteiger partial charge < -0.3 is 10.6 Å². The third kappa shape index (κ3) is 3.46. The van der Waals surface area contributed by atoms with Crippen LogP contribution in [0.5, 0.6) is 0 Å². The van der Waals surface area contributed by atoms with Crippen LogP contribution in [0.25, 0.3) is 0 Å². The van der Waals surface area contributed by atoms with E-state index >= 15 is 0 Å². The Bertz CT molecular complexity index is 203. The van der Waals surface area contributed by atoms with Crippen molar-refractivity contribution in [3.63, 3.8) is 0 Å². The molecule has 1 aliphatic carbocycles. The Morgan fingerprint density at radius 2 is 1.69 bits per heavy atom. The molecule has 0 bridgehead atoms. The van der Waals surface area contributed by atoms with Crippen LogP contribution in [-0.2, 0) is 0 Å². The van der Waals surface area contributed by atoms with Gasteiger partial charge in [0.25, 0.3) is 0 Å². The van der Waals surface area contributed by atoms with Crippen LogP contribution in [0, 0.1) is 17.8 Å². The van der Waals surface area contributed by atoms with Crippen molar-refractivity contribution >= 4 is 0 Å². The summed E-state index contributed by atoms with van der Waals surface area (Å²) in [6, 6.07) is 0.489. The van der Waals surface area contributed by atoms with Crippen molar-refractivity contribution in [2.24, 2.45) is 23.5 Å². The Hall–Kier alpha value is -0.0800. The molecular formula is C14H28N2. The number of hydrogen-bond acceptors (Lipinski definition) is 2. The van der Waals surface area contributed by atoms with E-state index in [1.807, 2.05) is 0 Å². The summed E-state index contributed by atoms with van der Waals surface area (Å²) in [4.78, 5) is 2.63. The van der Waals surface area contributed by atoms with Gasteiger partial charge in [-0.2, -0.15) is 0 Å². The maximum absolute atomic E-state index is 6.15. The van der Waals surface area contributed by atoms with Crippen molar-refractivity contribution < 1.29 is 0 Å². The summed E-state index contributed by atoms with van der Waals surface area (Å²) in [7, 11) is 0. The molecule has 2 fully saturated rings. The SMILES string of the molecule is CC(C)C1CCN(CCC(N)C2CC2)CC1. The Morgan fingerprint density at radius 1 is 1.06 bits per heavy atom. The van der Waals surface area contributed by atoms with Crippen LogP contribution in [0.3, 0.4) is 0 Å². The van der Waals surface area contributed by atoms with Crippen LogP contribution in [0.1, 0.15) is 46.0 Å². The highest BCUT2D eigenvalue weighted by Gasteiger charge is 2.29. The molecule has 0 aromatic carbocycles. The summed E-state index contributed by atoms with van der Waals surface area (Å²) < 4.78 is 0. The van der Waals surface area contributed by atoms with Crippen molar-refractivity contribution in [1.82, 2.24) is 4.90 Å². The maximum atomic E-state index is 6.15. The van der Waals surface area contributed by atoms with E-state index in [1.54, 1.807) is 0 Å². The molecule has 0 radical (unpaired) electrons. The van der Waals surface area contributed by atoms with Crippen molar-refractivity contribution in [1.29, 1.82) is 0 Å². The highest BCUT2D eigenvalue weighted by molar-refractivity contribution is 4.85. The van der Waals surface area contributed by atoms with Crippen LogP contribution < -0.4 is 5.73 Å². The van der Waals surface area contributed by atoms with Crippen LogP contribution in [0.2, 0.25) is 0 Å². The van der Waals surface area contributed by atoms with E-state index in [-0.39, 0.29) is 0 Å². The lowest BCUT2D eigenvalue weighted by Crippen LogP contribution is -2.38. The lowest BCUT2D eigenvalue weighted by atomic mass is 9.86. The molecule has 16 heavy (non-hydrogen) atoms. The predicted octanol–water partition coefficient (Wildman–Crippen LogP) is 2.48. The largest absolute Gasteiger partial charge is 0.327 e. The highest BCUT2D eigenvalue weighted by atomic mass is 15.1. The lowest BCUT2D eigenvalue weighted by Gasteiger charge is -2.34. The maximum Gasteiger partial charge on any atom is 0.00793 e. The van der Waals surface area contributed by atoms with Gasteiger partial charge in [-0.1, -0.05) is 13.8 Å². The minimum atomic E-state index is 0.489. The molecule has 1 atom stereocenters. The second-order valence-electron chi connectivity index (χ2n) is 6.21. The predicted molar refractivity (Wildman–Crippen MR) is 69.3 cm³/mol. The average molecular weight is 224 g/mol. The van der Waals surface area contributed by atoms with Gasteiger partial charge in [0.15, 0.2) is 0 Å². The molecule has 2 rings (SSSR count). The minimum absolute atomic E-state index is 0.489. The first-order valence-corrected chi connectivity index (χ1v) is 7.14. The monoisotopic (exact) mass is 224 g/mol. The number of nitrogens with zero attached hydrogens (tertiary/aromatic N) is 1. The quantitative estimate of drug-likeness (QED) is 0.777. The normalized spacial score (nSPS) is 26.2. The Balaban J connectivity index is 1.61. The van der Waals surface area contributed by atoms with Gasteiger partial charge in [-0.25, -0.2) is 0 Å². The number of rotatable bonds is 5. The fourth-order valence-electron chi connectivity index (χ4n) is 2.93. The summed E-state index contributed by atoms with van der Waals surface area (Å²) in [6.07, 6.45) is 6.79. The first-order valence-electron chi connectivity index (χ1n) is 7.14. The third-order valence-corrected chi connectivity index (χ3v) is 4.58. The van der Waals surface area contributed by atoms with Gasteiger partial charge in [-0.05, 0) is 69.5 Å². The fraction of sp³-hybridized carbons (Fsp3) is 1.00. The molecule has 1 unspecified atom stereocenters. The van der Waals surface area contributed by atoms with Gasteiger partial charge in [-0.15, -0.1) is 0 Å². The topological polar surface area (TPSA) is 29.3 Å². The second-order valence-corrected chi connectivity index (χ2v) is 6.21. The van der Waals surface area contributed by atoms with Gasteiger partial charge in [-0.3, -0.25) is 0 Å². The first kappa shape index (κ1) is 12.4. The van der Waals surface area contributed by atoms with Crippen molar-refractivity contribution in [2.45, 2.75) is 52.0 Å². The molecule has 2 heteroatoms. The van der Waals surface area contributed by atoms with Crippen molar-refractivity contribution in [3.8, 4) is 0 Å². The summed E-state index contributed by atoms with van der Waals surface area (Å²) in [5, 5.41) is 0. The zero-order valence-electron chi connectivity index (χ0n) is 11.0. The molecule has 0 aromatic heterocycles. The van der Waals surface area contributed by atoms with Crippen molar-refractivity contribution in [2.75, 3.05) is 19.6 Å². The van der Waals surface area contributed by atoms with E-state index in [2.05, 4.69) is 18.7 Å². The summed E-state index contributed by atoms with van der Waals surface area (Å²) >= 11 is 0. The molecule has 0 amide bonds. The molecule has 0 spiro atoms. The molecule has 1 saturated heterocycles. The molecule has 2 aliphatic rings. The number of likely N-dealkylation sites (tertiary alicyclic amines) is 1. The summed E-state index contributed by atoms with van der Waals surface area (Å²) in [5.41, 5.74) is 6.15. The second kappa shape index (κ2) is 5.50. The van der Waals surface area contributed by atoms with E-state index < -0.39 is 0 Å². The standard InChI is InChI=1S/C14H28N2/c1-11(2)12-5-8-16(9-6-12)10-7-14(15)13-3-4-13/h11-14H,3-10,15H2,1-2H3. The lowest BCUT2D eigenvalue weighted by molar-refractivity contribution is 0.153. The van der Waals surface area contributed by atoms with Crippen LogP contribution in [0.15, 0.2) is 0 Å². The van der Waals surface area contributed by atoms with E-state index in [4.69, 9.17) is 5.73 Å². The Labute approximate surface area is 101 Å². The number of nitrogens with two attached hydrogens (primary N) is 1. The smallest absolute Gasteiger partial charge is 0.00793 e. The summed E-state index contributed by atoms with van der Waals surface area (Å²) in [6.45, 7) is 8.58. The van der Waals surface area contributed by atoms with E-state index in [1.165, 1.54) is 51.7 Å². The molecule has 2 N–H and O–H groups in total. The molecule has 1 saturated carbocycles. The van der Waals surface area contributed by atoms with Gasteiger partial charge in [0.05, 0.1) is 0 Å². The van der Waals surface area contributed by atoms with Gasteiger partial charge in [0, 0.05) is 6.04 Å². The zero-order valence-corrected chi connectivity index (χ0v) is 11.0. The van der Waals surface area contributed by atoms with Crippen LogP contribution in [-0.4, -0.2) is 30.6 Å². The van der Waals surface area contributed by atoms with E-state index in [0.29, 0.717) is 6.04 Å². The molecule has 0 aromatic rings. The third-order valence-electron chi connectivity index (χ3n) is 4.58. The van der Waals surface area contributed by atoms with Crippen LogP contribution >= 0.6 is 0 Å². The molecule has 1 aliphatic heterocycles. The van der Waals surface area contributed by atoms with E-state index in [0.717, 1.165) is 17.8 Å². The molecule has 94 valence electrons. The van der Waals surface area contributed by atoms with Crippen molar-refractivity contribution in [3.05, 3.63) is 0 Å². The minimum Gasteiger partial charge on any atom is -0.327 e. The Morgan fingerprint density at radius 3 is 2.19 bits per heavy atom. The van der Waals surface area contributed by atoms with Gasteiger partial charge in [0.2, 0.25) is 0 Å². The molecule has 1 heterocycles. The van der Waals surface area contributed by atoms with Gasteiger partial charge in [0.1, 0.15) is 0 Å². The zero-order chi connectivity index (χ0) is 11.5. The van der Waals surface area contributed by atoms with Crippen LogP contribution in [0.4, 0.5) is 0 Å².